The molecule has 0 aromatic heterocycles. The highest BCUT2D eigenvalue weighted by atomic mass is 32.2. The molecule has 2 rings (SSSR count). The van der Waals surface area contributed by atoms with Crippen LogP contribution in [0.4, 0.5) is 13.2 Å². The summed E-state index contributed by atoms with van der Waals surface area (Å²) in [5, 5.41) is 9.19. The lowest BCUT2D eigenvalue weighted by Crippen LogP contribution is -2.48. The molecule has 9 heteroatoms. The van der Waals surface area contributed by atoms with Crippen molar-refractivity contribution in [3.63, 3.8) is 0 Å². The van der Waals surface area contributed by atoms with Crippen LogP contribution in [0.1, 0.15) is 30.4 Å². The second-order valence-corrected chi connectivity index (χ2v) is 7.30. The van der Waals surface area contributed by atoms with Gasteiger partial charge >= 0.3 is 12.1 Å². The Bertz CT molecular complexity index is 715. The summed E-state index contributed by atoms with van der Waals surface area (Å²) in [6.07, 6.45) is -3.50. The van der Waals surface area contributed by atoms with Gasteiger partial charge in [0, 0.05) is 6.54 Å². The summed E-state index contributed by atoms with van der Waals surface area (Å²) in [5.74, 6) is -1.29. The van der Waals surface area contributed by atoms with Crippen molar-refractivity contribution in [3.05, 3.63) is 29.3 Å². The highest BCUT2D eigenvalue weighted by molar-refractivity contribution is 7.89. The topological polar surface area (TPSA) is 74.7 Å². The van der Waals surface area contributed by atoms with Gasteiger partial charge in [-0.3, -0.25) is 4.79 Å². The molecule has 1 saturated heterocycles. The maximum Gasteiger partial charge on any atom is 0.416 e. The number of sulfonamides is 1. The Morgan fingerprint density at radius 3 is 2.52 bits per heavy atom. The van der Waals surface area contributed by atoms with Crippen molar-refractivity contribution in [3.8, 4) is 0 Å². The zero-order valence-corrected chi connectivity index (χ0v) is 13.1. The number of carbonyl (C=O) groups is 1. The third-order valence-electron chi connectivity index (χ3n) is 3.84. The maximum absolute atomic E-state index is 12.8. The Kier molecular flexibility index (Phi) is 4.72. The van der Waals surface area contributed by atoms with Crippen LogP contribution >= 0.6 is 0 Å². The van der Waals surface area contributed by atoms with Crippen molar-refractivity contribution in [1.29, 1.82) is 0 Å². The molecule has 128 valence electrons. The molecule has 0 bridgehead atoms. The number of carboxylic acids is 1. The minimum absolute atomic E-state index is 0.0189. The molecule has 1 aromatic rings. The zero-order chi connectivity index (χ0) is 17.4. The number of aryl methyl sites for hydroxylation is 1. The first-order valence-corrected chi connectivity index (χ1v) is 8.41. The van der Waals surface area contributed by atoms with Crippen molar-refractivity contribution in [1.82, 2.24) is 4.31 Å². The predicted molar refractivity (Wildman–Crippen MR) is 75.3 cm³/mol. The van der Waals surface area contributed by atoms with E-state index in [0.29, 0.717) is 18.9 Å². The van der Waals surface area contributed by atoms with Gasteiger partial charge in [-0.15, -0.1) is 0 Å². The third-order valence-corrected chi connectivity index (χ3v) is 5.89. The quantitative estimate of drug-likeness (QED) is 0.908. The van der Waals surface area contributed by atoms with E-state index in [-0.39, 0.29) is 18.5 Å². The number of aliphatic carboxylic acids is 1. The average Bonchev–Trinajstić information content (AvgIpc) is 2.46. The Morgan fingerprint density at radius 1 is 1.30 bits per heavy atom. The van der Waals surface area contributed by atoms with Gasteiger partial charge in [-0.1, -0.05) is 6.07 Å². The largest absolute Gasteiger partial charge is 0.480 e. The van der Waals surface area contributed by atoms with E-state index in [1.165, 1.54) is 6.92 Å². The molecule has 23 heavy (non-hydrogen) atoms. The van der Waals surface area contributed by atoms with Crippen LogP contribution in [0.15, 0.2) is 23.1 Å². The van der Waals surface area contributed by atoms with Gasteiger partial charge in [0.05, 0.1) is 10.5 Å². The number of halogens is 3. The summed E-state index contributed by atoms with van der Waals surface area (Å²) in [6, 6.07) is 1.20. The fourth-order valence-corrected chi connectivity index (χ4v) is 4.52. The molecule has 1 unspecified atom stereocenters. The Balaban J connectivity index is 2.52. The second-order valence-electron chi connectivity index (χ2n) is 5.44. The molecule has 1 aliphatic rings. The molecule has 0 amide bonds. The summed E-state index contributed by atoms with van der Waals surface area (Å²) in [6.45, 7) is 1.36. The number of alkyl halides is 3. The van der Waals surface area contributed by atoms with Crippen LogP contribution < -0.4 is 0 Å². The van der Waals surface area contributed by atoms with E-state index in [9.17, 15) is 31.5 Å². The number of nitrogens with zero attached hydrogens (tertiary/aromatic N) is 1. The first-order valence-electron chi connectivity index (χ1n) is 6.97. The van der Waals surface area contributed by atoms with Crippen molar-refractivity contribution < 1.29 is 31.5 Å². The van der Waals surface area contributed by atoms with Gasteiger partial charge in [0.15, 0.2) is 0 Å². The molecule has 1 aliphatic heterocycles. The van der Waals surface area contributed by atoms with E-state index < -0.39 is 38.7 Å². The Hall–Kier alpha value is -1.61. The number of hydrogen-bond donors (Lipinski definition) is 1. The van der Waals surface area contributed by atoms with Gasteiger partial charge in [-0.05, 0) is 43.9 Å². The van der Waals surface area contributed by atoms with Crippen LogP contribution in [-0.4, -0.2) is 36.4 Å². The van der Waals surface area contributed by atoms with Gasteiger partial charge in [-0.25, -0.2) is 8.42 Å². The molecule has 0 saturated carbocycles. The number of benzene rings is 1. The SMILES string of the molecule is Cc1ccc(C(F)(F)F)cc1S(=O)(=O)N1CCCCC1C(=O)O. The molecule has 1 fully saturated rings. The van der Waals surface area contributed by atoms with E-state index in [0.717, 1.165) is 16.4 Å². The van der Waals surface area contributed by atoms with Crippen molar-refractivity contribution >= 4 is 16.0 Å². The smallest absolute Gasteiger partial charge is 0.416 e. The predicted octanol–water partition coefficient (Wildman–Crippen LogP) is 2.64. The minimum Gasteiger partial charge on any atom is -0.480 e. The molecule has 0 aliphatic carbocycles. The fraction of sp³-hybridized carbons (Fsp3) is 0.500. The van der Waals surface area contributed by atoms with Crippen LogP contribution in [0.25, 0.3) is 0 Å². The number of piperidine rings is 1. The lowest BCUT2D eigenvalue weighted by atomic mass is 10.1. The molecule has 1 heterocycles. The summed E-state index contributed by atoms with van der Waals surface area (Å²) < 4.78 is 64.7. The van der Waals surface area contributed by atoms with Gasteiger partial charge in [0.2, 0.25) is 10.0 Å². The van der Waals surface area contributed by atoms with Crippen LogP contribution in [0.5, 0.6) is 0 Å². The lowest BCUT2D eigenvalue weighted by Gasteiger charge is -2.32. The fourth-order valence-electron chi connectivity index (χ4n) is 2.62. The number of rotatable bonds is 3. The summed E-state index contributed by atoms with van der Waals surface area (Å²) in [7, 11) is -4.32. The van der Waals surface area contributed by atoms with Crippen LogP contribution in [0, 0.1) is 6.92 Å². The molecule has 0 spiro atoms. The molecule has 1 atom stereocenters. The van der Waals surface area contributed by atoms with Crippen LogP contribution in [-0.2, 0) is 21.0 Å². The van der Waals surface area contributed by atoms with Gasteiger partial charge in [0.25, 0.3) is 0 Å². The van der Waals surface area contributed by atoms with Crippen molar-refractivity contribution in [2.24, 2.45) is 0 Å². The summed E-state index contributed by atoms with van der Waals surface area (Å²) in [5.41, 5.74) is -0.932. The van der Waals surface area contributed by atoms with E-state index in [1.807, 2.05) is 0 Å². The highest BCUT2D eigenvalue weighted by Crippen LogP contribution is 2.34. The molecular weight excluding hydrogens is 335 g/mol. The zero-order valence-electron chi connectivity index (χ0n) is 12.3. The summed E-state index contributed by atoms with van der Waals surface area (Å²) >= 11 is 0. The molecule has 1 aromatic carbocycles. The third kappa shape index (κ3) is 3.50. The van der Waals surface area contributed by atoms with Crippen molar-refractivity contribution in [2.45, 2.75) is 43.3 Å². The van der Waals surface area contributed by atoms with E-state index >= 15 is 0 Å². The van der Waals surface area contributed by atoms with E-state index in [4.69, 9.17) is 0 Å². The molecule has 5 nitrogen and oxygen atoms in total. The van der Waals surface area contributed by atoms with Gasteiger partial charge < -0.3 is 5.11 Å². The second kappa shape index (κ2) is 6.12. The normalized spacial score (nSPS) is 20.4. The molecular formula is C14H16F3NO4S. The number of hydrogen-bond acceptors (Lipinski definition) is 3. The van der Waals surface area contributed by atoms with E-state index in [2.05, 4.69) is 0 Å². The Labute approximate surface area is 131 Å². The first kappa shape index (κ1) is 17.7. The molecule has 1 N–H and O–H groups in total. The first-order chi connectivity index (χ1) is 10.5. The highest BCUT2D eigenvalue weighted by Gasteiger charge is 2.39. The van der Waals surface area contributed by atoms with Gasteiger partial charge in [-0.2, -0.15) is 17.5 Å². The average molecular weight is 351 g/mol. The lowest BCUT2D eigenvalue weighted by molar-refractivity contribution is -0.142. The molecule has 0 radical (unpaired) electrons. The van der Waals surface area contributed by atoms with Gasteiger partial charge in [0.1, 0.15) is 6.04 Å². The minimum atomic E-state index is -4.67. The standard InChI is InChI=1S/C14H16F3NO4S/c1-9-5-6-10(14(15,16)17)8-12(9)23(21,22)18-7-3-2-4-11(18)13(19)20/h5-6,8,11H,2-4,7H2,1H3,(H,19,20). The van der Waals surface area contributed by atoms with Crippen LogP contribution in [0.2, 0.25) is 0 Å². The maximum atomic E-state index is 12.8. The van der Waals surface area contributed by atoms with E-state index in [1.54, 1.807) is 0 Å². The number of carboxylic acid groups (broad SMARTS) is 1. The van der Waals surface area contributed by atoms with Crippen LogP contribution in [0.3, 0.4) is 0 Å². The summed E-state index contributed by atoms with van der Waals surface area (Å²) in [4.78, 5) is 10.8. The van der Waals surface area contributed by atoms with Crippen molar-refractivity contribution in [2.75, 3.05) is 6.54 Å². The Morgan fingerprint density at radius 2 is 1.96 bits per heavy atom. The monoisotopic (exact) mass is 351 g/mol.